The van der Waals surface area contributed by atoms with Crippen molar-refractivity contribution < 1.29 is 12.8 Å². The number of fused-ring (bicyclic) bond motifs is 1. The molecule has 0 saturated carbocycles. The van der Waals surface area contributed by atoms with Crippen LogP contribution >= 0.6 is 0 Å². The third-order valence-corrected chi connectivity index (χ3v) is 3.96. The SMILES string of the molecule is CN(C)CC1=CS(=O)(=O)c2c(F)cccc21. The summed E-state index contributed by atoms with van der Waals surface area (Å²) in [5, 5.41) is 1.15. The maximum atomic E-state index is 13.5. The molecule has 0 spiro atoms. The van der Waals surface area contributed by atoms with E-state index in [-0.39, 0.29) is 4.90 Å². The molecule has 1 aromatic carbocycles. The van der Waals surface area contributed by atoms with E-state index in [4.69, 9.17) is 0 Å². The lowest BCUT2D eigenvalue weighted by Crippen LogP contribution is -2.13. The summed E-state index contributed by atoms with van der Waals surface area (Å²) >= 11 is 0. The first-order valence-corrected chi connectivity index (χ1v) is 6.36. The van der Waals surface area contributed by atoms with Crippen molar-refractivity contribution in [3.05, 3.63) is 35.0 Å². The molecule has 3 nitrogen and oxygen atoms in total. The van der Waals surface area contributed by atoms with Crippen LogP contribution in [0.3, 0.4) is 0 Å². The van der Waals surface area contributed by atoms with Crippen LogP contribution in [0, 0.1) is 5.82 Å². The third kappa shape index (κ3) is 1.76. The highest BCUT2D eigenvalue weighted by atomic mass is 32.2. The largest absolute Gasteiger partial charge is 0.305 e. The summed E-state index contributed by atoms with van der Waals surface area (Å²) in [6.45, 7) is 0.482. The Morgan fingerprint density at radius 2 is 2.00 bits per heavy atom. The predicted molar refractivity (Wildman–Crippen MR) is 60.1 cm³/mol. The number of nitrogens with zero attached hydrogens (tertiary/aromatic N) is 1. The lowest BCUT2D eigenvalue weighted by atomic mass is 10.1. The second kappa shape index (κ2) is 3.68. The second-order valence-corrected chi connectivity index (χ2v) is 5.78. The molecular weight excluding hydrogens is 229 g/mol. The lowest BCUT2D eigenvalue weighted by Gasteiger charge is -2.10. The average Bonchev–Trinajstić information content (AvgIpc) is 2.38. The minimum Gasteiger partial charge on any atom is -0.305 e. The Labute approximate surface area is 94.1 Å². The molecule has 0 aromatic heterocycles. The number of rotatable bonds is 2. The van der Waals surface area contributed by atoms with Gasteiger partial charge in [-0.1, -0.05) is 12.1 Å². The van der Waals surface area contributed by atoms with Crippen molar-refractivity contribution in [2.75, 3.05) is 20.6 Å². The molecule has 1 aromatic rings. The van der Waals surface area contributed by atoms with Gasteiger partial charge in [0.2, 0.25) is 9.84 Å². The molecular formula is C11H12FNO2S. The van der Waals surface area contributed by atoms with Gasteiger partial charge < -0.3 is 4.90 Å². The molecule has 0 saturated heterocycles. The fourth-order valence-corrected chi connectivity index (χ4v) is 3.36. The highest BCUT2D eigenvalue weighted by molar-refractivity contribution is 7.95. The zero-order chi connectivity index (χ0) is 11.9. The van der Waals surface area contributed by atoms with Crippen LogP contribution in [0.2, 0.25) is 0 Å². The first kappa shape index (κ1) is 11.3. The van der Waals surface area contributed by atoms with Gasteiger partial charge in [-0.05, 0) is 25.7 Å². The number of likely N-dealkylation sites (N-methyl/N-ethyl adjacent to an activating group) is 1. The maximum Gasteiger partial charge on any atom is 0.203 e. The minimum atomic E-state index is -3.59. The number of hydrogen-bond donors (Lipinski definition) is 0. The van der Waals surface area contributed by atoms with E-state index in [0.29, 0.717) is 17.7 Å². The number of halogens is 1. The van der Waals surface area contributed by atoms with Crippen molar-refractivity contribution in [1.29, 1.82) is 0 Å². The van der Waals surface area contributed by atoms with Crippen LogP contribution < -0.4 is 0 Å². The summed E-state index contributed by atoms with van der Waals surface area (Å²) in [4.78, 5) is 1.66. The average molecular weight is 241 g/mol. The van der Waals surface area contributed by atoms with Gasteiger partial charge in [0.1, 0.15) is 10.7 Å². The molecule has 0 unspecified atom stereocenters. The summed E-state index contributed by atoms with van der Waals surface area (Å²) in [5.41, 5.74) is 1.12. The summed E-state index contributed by atoms with van der Waals surface area (Å²) in [6.07, 6.45) is 0. The van der Waals surface area contributed by atoms with E-state index in [1.165, 1.54) is 12.1 Å². The van der Waals surface area contributed by atoms with Crippen molar-refractivity contribution in [2.45, 2.75) is 4.90 Å². The molecule has 16 heavy (non-hydrogen) atoms. The smallest absolute Gasteiger partial charge is 0.203 e. The van der Waals surface area contributed by atoms with Gasteiger partial charge in [0, 0.05) is 17.5 Å². The van der Waals surface area contributed by atoms with Crippen molar-refractivity contribution in [3.8, 4) is 0 Å². The Morgan fingerprint density at radius 1 is 1.31 bits per heavy atom. The van der Waals surface area contributed by atoms with Gasteiger partial charge in [-0.2, -0.15) is 0 Å². The van der Waals surface area contributed by atoms with Crippen molar-refractivity contribution in [1.82, 2.24) is 4.90 Å². The number of benzene rings is 1. The molecule has 0 fully saturated rings. The monoisotopic (exact) mass is 241 g/mol. The van der Waals surface area contributed by atoms with Crippen LogP contribution in [0.5, 0.6) is 0 Å². The molecule has 0 N–H and O–H groups in total. The lowest BCUT2D eigenvalue weighted by molar-refractivity contribution is 0.463. The molecule has 1 aliphatic rings. The van der Waals surface area contributed by atoms with Gasteiger partial charge >= 0.3 is 0 Å². The van der Waals surface area contributed by atoms with Crippen LogP contribution in [-0.2, 0) is 9.84 Å². The van der Waals surface area contributed by atoms with E-state index < -0.39 is 15.7 Å². The van der Waals surface area contributed by atoms with Crippen molar-refractivity contribution >= 4 is 15.4 Å². The Hall–Kier alpha value is -1.20. The zero-order valence-electron chi connectivity index (χ0n) is 9.07. The first-order valence-electron chi connectivity index (χ1n) is 4.81. The number of sulfone groups is 1. The van der Waals surface area contributed by atoms with Gasteiger partial charge in [-0.3, -0.25) is 0 Å². The maximum absolute atomic E-state index is 13.5. The Balaban J connectivity index is 2.61. The third-order valence-electron chi connectivity index (χ3n) is 2.38. The predicted octanol–water partition coefficient (Wildman–Crippen LogP) is 1.52. The highest BCUT2D eigenvalue weighted by Crippen LogP contribution is 2.35. The fraction of sp³-hybridized carbons (Fsp3) is 0.273. The normalized spacial score (nSPS) is 17.4. The molecule has 0 atom stereocenters. The molecule has 0 amide bonds. The quantitative estimate of drug-likeness (QED) is 0.787. The summed E-state index contributed by atoms with van der Waals surface area (Å²) in [6, 6.07) is 4.33. The minimum absolute atomic E-state index is 0.188. The standard InChI is InChI=1S/C11H12FNO2S/c1-13(2)6-8-7-16(14,15)11-9(8)4-3-5-10(11)12/h3-5,7H,6H2,1-2H3. The Bertz CT molecular complexity index is 561. The Morgan fingerprint density at radius 3 is 2.62 bits per heavy atom. The van der Waals surface area contributed by atoms with Gasteiger partial charge in [0.05, 0.1) is 0 Å². The summed E-state index contributed by atoms with van der Waals surface area (Å²) in [5.74, 6) is -0.678. The van der Waals surface area contributed by atoms with Crippen molar-refractivity contribution in [3.63, 3.8) is 0 Å². The fourth-order valence-electron chi connectivity index (χ4n) is 1.82. The molecule has 2 rings (SSSR count). The molecule has 0 radical (unpaired) electrons. The van der Waals surface area contributed by atoms with Crippen LogP contribution in [0.1, 0.15) is 5.56 Å². The molecule has 1 aliphatic heterocycles. The van der Waals surface area contributed by atoms with E-state index in [1.54, 1.807) is 6.07 Å². The first-order chi connectivity index (χ1) is 7.42. The highest BCUT2D eigenvalue weighted by Gasteiger charge is 2.29. The van der Waals surface area contributed by atoms with Crippen molar-refractivity contribution in [2.24, 2.45) is 0 Å². The van der Waals surface area contributed by atoms with E-state index in [9.17, 15) is 12.8 Å². The van der Waals surface area contributed by atoms with E-state index in [2.05, 4.69) is 0 Å². The summed E-state index contributed by atoms with van der Waals surface area (Å²) in [7, 11) is 0.0813. The zero-order valence-corrected chi connectivity index (χ0v) is 9.88. The molecule has 5 heteroatoms. The van der Waals surface area contributed by atoms with Crippen LogP contribution in [0.4, 0.5) is 4.39 Å². The van der Waals surface area contributed by atoms with Gasteiger partial charge in [0.15, 0.2) is 0 Å². The van der Waals surface area contributed by atoms with Gasteiger partial charge in [-0.15, -0.1) is 0 Å². The van der Waals surface area contributed by atoms with Crippen LogP contribution in [0.15, 0.2) is 28.5 Å². The molecule has 1 heterocycles. The van der Waals surface area contributed by atoms with Crippen LogP contribution in [-0.4, -0.2) is 34.0 Å². The molecule has 86 valence electrons. The summed E-state index contributed by atoms with van der Waals surface area (Å²) < 4.78 is 36.9. The van der Waals surface area contributed by atoms with Crippen LogP contribution in [0.25, 0.3) is 5.57 Å². The number of hydrogen-bond acceptors (Lipinski definition) is 3. The van der Waals surface area contributed by atoms with Gasteiger partial charge in [-0.25, -0.2) is 12.8 Å². The van der Waals surface area contributed by atoms with Gasteiger partial charge in [0.25, 0.3) is 0 Å². The van der Waals surface area contributed by atoms with E-state index in [1.807, 2.05) is 19.0 Å². The topological polar surface area (TPSA) is 37.4 Å². The van der Waals surface area contributed by atoms with E-state index >= 15 is 0 Å². The van der Waals surface area contributed by atoms with E-state index in [0.717, 1.165) is 5.41 Å². The molecule has 0 bridgehead atoms. The molecule has 0 aliphatic carbocycles. The Kier molecular flexibility index (Phi) is 2.59. The second-order valence-electron chi connectivity index (χ2n) is 4.04.